The number of hydrogen-bond donors (Lipinski definition) is 2. The van der Waals surface area contributed by atoms with E-state index < -0.39 is 23.3 Å². The van der Waals surface area contributed by atoms with Gasteiger partial charge in [-0.15, -0.1) is 0 Å². The Labute approximate surface area is 200 Å². The molecule has 1 unspecified atom stereocenters. The van der Waals surface area contributed by atoms with Crippen molar-refractivity contribution in [3.63, 3.8) is 0 Å². The fraction of sp³-hybridized carbons (Fsp3) is 0.714. The third kappa shape index (κ3) is 12.8. The minimum atomic E-state index is -1.37. The van der Waals surface area contributed by atoms with Gasteiger partial charge in [-0.2, -0.15) is 0 Å². The van der Waals surface area contributed by atoms with Crippen molar-refractivity contribution in [1.82, 2.24) is 0 Å². The largest absolute Gasteiger partial charge is 0.481 e. The first-order valence-corrected chi connectivity index (χ1v) is 12.5. The first-order valence-electron chi connectivity index (χ1n) is 12.5. The molecule has 0 amide bonds. The van der Waals surface area contributed by atoms with Gasteiger partial charge in [-0.05, 0) is 42.1 Å². The molecule has 2 N–H and O–H groups in total. The van der Waals surface area contributed by atoms with E-state index in [0.717, 1.165) is 32.1 Å². The van der Waals surface area contributed by atoms with E-state index in [4.69, 9.17) is 4.74 Å². The number of carbonyl (C=O) groups is 2. The Morgan fingerprint density at radius 3 is 1.79 bits per heavy atom. The average Bonchev–Trinajstić information content (AvgIpc) is 2.69. The van der Waals surface area contributed by atoms with E-state index in [0.29, 0.717) is 18.4 Å². The van der Waals surface area contributed by atoms with Gasteiger partial charge in [0.1, 0.15) is 0 Å². The van der Waals surface area contributed by atoms with Crippen LogP contribution in [0.1, 0.15) is 104 Å². The zero-order valence-corrected chi connectivity index (χ0v) is 21.4. The zero-order chi connectivity index (χ0) is 24.9. The van der Waals surface area contributed by atoms with Gasteiger partial charge in [0.2, 0.25) is 0 Å². The summed E-state index contributed by atoms with van der Waals surface area (Å²) in [5.74, 6) is -3.88. The smallest absolute Gasteiger partial charge is 0.318 e. The van der Waals surface area contributed by atoms with Gasteiger partial charge in [0.15, 0.2) is 5.92 Å². The number of carboxylic acids is 2. The Morgan fingerprint density at radius 1 is 0.788 bits per heavy atom. The summed E-state index contributed by atoms with van der Waals surface area (Å²) < 4.78 is 6.27. The van der Waals surface area contributed by atoms with Crippen LogP contribution in [0.2, 0.25) is 0 Å². The highest BCUT2D eigenvalue weighted by Crippen LogP contribution is 2.33. The molecule has 0 saturated carbocycles. The maximum atomic E-state index is 11.4. The van der Waals surface area contributed by atoms with E-state index in [9.17, 15) is 19.8 Å². The number of hydrogen-bond acceptors (Lipinski definition) is 3. The summed E-state index contributed by atoms with van der Waals surface area (Å²) in [6.45, 7) is 11.0. The predicted molar refractivity (Wildman–Crippen MR) is 133 cm³/mol. The molecule has 0 aliphatic rings. The second kappa shape index (κ2) is 14.4. The molecule has 1 aromatic rings. The molecule has 5 nitrogen and oxygen atoms in total. The van der Waals surface area contributed by atoms with Gasteiger partial charge < -0.3 is 14.9 Å². The number of benzene rings is 1. The van der Waals surface area contributed by atoms with Crippen LogP contribution in [0, 0.1) is 16.7 Å². The molecule has 0 spiro atoms. The molecule has 0 saturated heterocycles. The van der Waals surface area contributed by atoms with E-state index in [1.165, 1.54) is 31.2 Å². The summed E-state index contributed by atoms with van der Waals surface area (Å²) in [5, 5.41) is 18.6. The number of ether oxygens (including phenoxy) is 1. The van der Waals surface area contributed by atoms with Crippen molar-refractivity contribution >= 4 is 11.9 Å². The van der Waals surface area contributed by atoms with Gasteiger partial charge in [0.25, 0.3) is 0 Å². The Morgan fingerprint density at radius 2 is 1.30 bits per heavy atom. The van der Waals surface area contributed by atoms with E-state index in [-0.39, 0.29) is 6.10 Å². The van der Waals surface area contributed by atoms with Gasteiger partial charge in [0, 0.05) is 0 Å². The van der Waals surface area contributed by atoms with Crippen LogP contribution in [0.15, 0.2) is 30.3 Å². The fourth-order valence-electron chi connectivity index (χ4n) is 4.35. The quantitative estimate of drug-likeness (QED) is 0.187. The summed E-state index contributed by atoms with van der Waals surface area (Å²) in [6, 6.07) is 10.2. The molecule has 1 aromatic carbocycles. The minimum Gasteiger partial charge on any atom is -0.481 e. The van der Waals surface area contributed by atoms with E-state index >= 15 is 0 Å². The van der Waals surface area contributed by atoms with Crippen LogP contribution in [0.4, 0.5) is 0 Å². The normalized spacial score (nSPS) is 13.3. The molecule has 5 heteroatoms. The van der Waals surface area contributed by atoms with Crippen molar-refractivity contribution in [2.75, 3.05) is 0 Å². The molecule has 1 atom stereocenters. The average molecular weight is 463 g/mol. The molecule has 0 fully saturated rings. The molecule has 0 heterocycles. The van der Waals surface area contributed by atoms with Crippen molar-refractivity contribution in [2.45, 2.75) is 112 Å². The van der Waals surface area contributed by atoms with Crippen LogP contribution in [0.25, 0.3) is 0 Å². The maximum absolute atomic E-state index is 11.4. The first-order chi connectivity index (χ1) is 15.4. The summed E-state index contributed by atoms with van der Waals surface area (Å²) in [6.07, 6.45) is 10.5. The molecule has 0 aliphatic carbocycles. The van der Waals surface area contributed by atoms with Crippen molar-refractivity contribution in [3.8, 4) is 0 Å². The summed E-state index contributed by atoms with van der Waals surface area (Å²) >= 11 is 0. The monoisotopic (exact) mass is 462 g/mol. The first kappa shape index (κ1) is 29.2. The highest BCUT2D eigenvalue weighted by Gasteiger charge is 2.40. The Balaban J connectivity index is 2.46. The van der Waals surface area contributed by atoms with Gasteiger partial charge >= 0.3 is 11.9 Å². The van der Waals surface area contributed by atoms with Gasteiger partial charge in [-0.1, -0.05) is 103 Å². The third-order valence-corrected chi connectivity index (χ3v) is 6.40. The molecular weight excluding hydrogens is 416 g/mol. The standard InChI is InChI=1S/C28H46O5/c1-27(2,3)19-13-7-11-17-23(33-21-22-15-9-6-10-16-22)18-12-8-14-20-28(4,5)24(25(29)30)26(31)32/h6,9-10,15-16,23-24H,7-8,11-14,17-21H2,1-5H3,(H,29,30)(H,31,32). The molecule has 33 heavy (non-hydrogen) atoms. The lowest BCUT2D eigenvalue weighted by atomic mass is 9.75. The van der Waals surface area contributed by atoms with Crippen LogP contribution in [-0.4, -0.2) is 28.3 Å². The zero-order valence-electron chi connectivity index (χ0n) is 21.4. The van der Waals surface area contributed by atoms with Gasteiger partial charge in [-0.25, -0.2) is 0 Å². The predicted octanol–water partition coefficient (Wildman–Crippen LogP) is 7.33. The lowest BCUT2D eigenvalue weighted by molar-refractivity contribution is -0.160. The van der Waals surface area contributed by atoms with Gasteiger partial charge in [0.05, 0.1) is 12.7 Å². The fourth-order valence-corrected chi connectivity index (χ4v) is 4.35. The maximum Gasteiger partial charge on any atom is 0.318 e. The number of aliphatic carboxylic acids is 2. The molecule has 188 valence electrons. The van der Waals surface area contributed by atoms with Crippen molar-refractivity contribution in [2.24, 2.45) is 16.7 Å². The molecule has 0 radical (unpaired) electrons. The highest BCUT2D eigenvalue weighted by atomic mass is 16.5. The van der Waals surface area contributed by atoms with Crippen LogP contribution in [-0.2, 0) is 20.9 Å². The van der Waals surface area contributed by atoms with Crippen LogP contribution >= 0.6 is 0 Å². The number of rotatable bonds is 17. The molecular formula is C28H46O5. The van der Waals surface area contributed by atoms with E-state index in [1.54, 1.807) is 13.8 Å². The molecule has 1 rings (SSSR count). The summed E-state index contributed by atoms with van der Waals surface area (Å²) in [4.78, 5) is 22.7. The Kier molecular flexibility index (Phi) is 12.7. The SMILES string of the molecule is CC(C)(C)CCCCCC(CCCCCC(C)(C)C(C(=O)O)C(=O)O)OCc1ccccc1. The van der Waals surface area contributed by atoms with Crippen LogP contribution in [0.5, 0.6) is 0 Å². The second-order valence-electron chi connectivity index (χ2n) is 11.3. The molecule has 0 aromatic heterocycles. The number of carboxylic acid groups (broad SMARTS) is 2. The third-order valence-electron chi connectivity index (χ3n) is 6.40. The Hall–Kier alpha value is -1.88. The lowest BCUT2D eigenvalue weighted by Gasteiger charge is -2.28. The van der Waals surface area contributed by atoms with Crippen LogP contribution in [0.3, 0.4) is 0 Å². The van der Waals surface area contributed by atoms with Crippen molar-refractivity contribution in [1.29, 1.82) is 0 Å². The van der Waals surface area contributed by atoms with E-state index in [2.05, 4.69) is 32.9 Å². The minimum absolute atomic E-state index is 0.221. The van der Waals surface area contributed by atoms with Crippen LogP contribution < -0.4 is 0 Å². The topological polar surface area (TPSA) is 83.8 Å². The molecule has 0 bridgehead atoms. The summed E-state index contributed by atoms with van der Waals surface area (Å²) in [5.41, 5.74) is 0.802. The van der Waals surface area contributed by atoms with E-state index in [1.807, 2.05) is 18.2 Å². The molecule has 0 aliphatic heterocycles. The highest BCUT2D eigenvalue weighted by molar-refractivity contribution is 5.93. The van der Waals surface area contributed by atoms with Crippen molar-refractivity contribution < 1.29 is 24.5 Å². The number of unbranched alkanes of at least 4 members (excludes halogenated alkanes) is 4. The Bertz CT molecular complexity index is 676. The van der Waals surface area contributed by atoms with Gasteiger partial charge in [-0.3, -0.25) is 9.59 Å². The summed E-state index contributed by atoms with van der Waals surface area (Å²) in [7, 11) is 0. The van der Waals surface area contributed by atoms with Crippen molar-refractivity contribution in [3.05, 3.63) is 35.9 Å². The lowest BCUT2D eigenvalue weighted by Crippen LogP contribution is -2.37. The second-order valence-corrected chi connectivity index (χ2v) is 11.3.